The van der Waals surface area contributed by atoms with E-state index in [0.717, 1.165) is 27.4 Å². The summed E-state index contributed by atoms with van der Waals surface area (Å²) in [4.78, 5) is 27.7. The molecule has 0 bridgehead atoms. The molecule has 1 atom stereocenters. The van der Waals surface area contributed by atoms with Crippen LogP contribution in [0.15, 0.2) is 72.8 Å². The van der Waals surface area contributed by atoms with Gasteiger partial charge in [-0.05, 0) is 54.3 Å². The molecule has 0 aliphatic rings. The van der Waals surface area contributed by atoms with E-state index in [9.17, 15) is 9.59 Å². The Morgan fingerprint density at radius 3 is 2.29 bits per heavy atom. The number of aromatic nitrogens is 1. The summed E-state index contributed by atoms with van der Waals surface area (Å²) in [7, 11) is 0. The van der Waals surface area contributed by atoms with Crippen LogP contribution in [-0.2, 0) is 4.79 Å². The predicted octanol–water partition coefficient (Wildman–Crippen LogP) is 7.18. The molecular formula is C28H27NO4S. The molecule has 0 radical (unpaired) electrons. The summed E-state index contributed by atoms with van der Waals surface area (Å²) >= 11 is 1.67. The molecule has 0 aliphatic carbocycles. The van der Waals surface area contributed by atoms with Crippen molar-refractivity contribution in [2.24, 2.45) is 5.92 Å². The van der Waals surface area contributed by atoms with Crippen molar-refractivity contribution in [1.82, 2.24) is 4.98 Å². The highest BCUT2D eigenvalue weighted by Crippen LogP contribution is 2.33. The van der Waals surface area contributed by atoms with Gasteiger partial charge in [0.2, 0.25) is 0 Å². The van der Waals surface area contributed by atoms with E-state index in [1.54, 1.807) is 23.5 Å². The number of carboxylic acids is 1. The van der Waals surface area contributed by atoms with Crippen molar-refractivity contribution in [2.45, 2.75) is 39.2 Å². The minimum absolute atomic E-state index is 0.00481. The lowest BCUT2D eigenvalue weighted by molar-refractivity contribution is -0.137. The van der Waals surface area contributed by atoms with Crippen molar-refractivity contribution in [1.29, 1.82) is 0 Å². The molecule has 1 N–H and O–H groups in total. The number of hydrogen-bond acceptors (Lipinski definition) is 5. The maximum absolute atomic E-state index is 12.3. The molecule has 1 unspecified atom stereocenters. The number of aliphatic carboxylic acids is 1. The van der Waals surface area contributed by atoms with Gasteiger partial charge in [-0.25, -0.2) is 4.98 Å². The highest BCUT2D eigenvalue weighted by atomic mass is 32.1. The third-order valence-electron chi connectivity index (χ3n) is 5.62. The number of thiazole rings is 1. The Morgan fingerprint density at radius 1 is 0.941 bits per heavy atom. The number of rotatable bonds is 10. The predicted molar refractivity (Wildman–Crippen MR) is 136 cm³/mol. The first-order chi connectivity index (χ1) is 16.4. The molecule has 1 aromatic heterocycles. The summed E-state index contributed by atoms with van der Waals surface area (Å²) in [6.45, 7) is 4.20. The van der Waals surface area contributed by atoms with Crippen LogP contribution in [0.5, 0.6) is 5.75 Å². The van der Waals surface area contributed by atoms with E-state index in [1.807, 2.05) is 54.6 Å². The Hall–Kier alpha value is -3.51. The maximum atomic E-state index is 12.3. The van der Waals surface area contributed by atoms with Crippen molar-refractivity contribution < 1.29 is 19.4 Å². The highest BCUT2D eigenvalue weighted by molar-refractivity contribution is 7.21. The first-order valence-electron chi connectivity index (χ1n) is 11.4. The SMILES string of the molecule is CC(C)C(Oc1ccc(-c2nc3ccccc3s2)cc1)c1ccc(C(=O)CCCC(=O)O)cc1. The van der Waals surface area contributed by atoms with Crippen molar-refractivity contribution in [2.75, 3.05) is 0 Å². The highest BCUT2D eigenvalue weighted by Gasteiger charge is 2.19. The fraction of sp³-hybridized carbons (Fsp3) is 0.250. The van der Waals surface area contributed by atoms with Crippen molar-refractivity contribution in [3.63, 3.8) is 0 Å². The molecule has 0 fully saturated rings. The van der Waals surface area contributed by atoms with Crippen molar-refractivity contribution in [3.05, 3.63) is 83.9 Å². The molecule has 0 saturated carbocycles. The zero-order chi connectivity index (χ0) is 24.1. The summed E-state index contributed by atoms with van der Waals surface area (Å²) in [5.74, 6) is 0.0758. The van der Waals surface area contributed by atoms with E-state index in [1.165, 1.54) is 4.70 Å². The van der Waals surface area contributed by atoms with Gasteiger partial charge in [-0.3, -0.25) is 9.59 Å². The second-order valence-electron chi connectivity index (χ2n) is 8.59. The number of para-hydroxylation sites is 1. The molecule has 6 heteroatoms. The van der Waals surface area contributed by atoms with Gasteiger partial charge in [0.05, 0.1) is 10.2 Å². The molecule has 4 aromatic rings. The lowest BCUT2D eigenvalue weighted by Crippen LogP contribution is -2.14. The molecule has 0 saturated heterocycles. The Morgan fingerprint density at radius 2 is 1.65 bits per heavy atom. The van der Waals surface area contributed by atoms with Crippen LogP contribution in [0, 0.1) is 5.92 Å². The number of carbonyl (C=O) groups excluding carboxylic acids is 1. The number of ketones is 1. The van der Waals surface area contributed by atoms with E-state index >= 15 is 0 Å². The van der Waals surface area contributed by atoms with Gasteiger partial charge in [0.15, 0.2) is 5.78 Å². The monoisotopic (exact) mass is 473 g/mol. The second kappa shape index (κ2) is 10.6. The van der Waals surface area contributed by atoms with Gasteiger partial charge in [-0.2, -0.15) is 0 Å². The third-order valence-corrected chi connectivity index (χ3v) is 6.70. The summed E-state index contributed by atoms with van der Waals surface area (Å²) in [6.07, 6.45) is 0.423. The summed E-state index contributed by atoms with van der Waals surface area (Å²) in [6, 6.07) is 23.6. The molecule has 0 spiro atoms. The Bertz CT molecular complexity index is 1240. The van der Waals surface area contributed by atoms with Crippen LogP contribution in [0.25, 0.3) is 20.8 Å². The topological polar surface area (TPSA) is 76.5 Å². The number of nitrogens with zero attached hydrogens (tertiary/aromatic N) is 1. The van der Waals surface area contributed by atoms with E-state index < -0.39 is 5.97 Å². The van der Waals surface area contributed by atoms with Crippen LogP contribution in [-0.4, -0.2) is 21.8 Å². The van der Waals surface area contributed by atoms with Gasteiger partial charge < -0.3 is 9.84 Å². The quantitative estimate of drug-likeness (QED) is 0.247. The molecule has 0 amide bonds. The molecule has 34 heavy (non-hydrogen) atoms. The van der Waals surface area contributed by atoms with Gasteiger partial charge in [-0.1, -0.05) is 50.2 Å². The normalized spacial score (nSPS) is 12.1. The molecule has 5 nitrogen and oxygen atoms in total. The first-order valence-corrected chi connectivity index (χ1v) is 12.2. The van der Waals surface area contributed by atoms with Crippen LogP contribution in [0.3, 0.4) is 0 Å². The minimum atomic E-state index is -0.881. The number of carbonyl (C=O) groups is 2. The number of hydrogen-bond donors (Lipinski definition) is 1. The van der Waals surface area contributed by atoms with E-state index in [0.29, 0.717) is 12.0 Å². The second-order valence-corrected chi connectivity index (χ2v) is 9.62. The van der Waals surface area contributed by atoms with Crippen LogP contribution < -0.4 is 4.74 Å². The van der Waals surface area contributed by atoms with Gasteiger partial charge in [0, 0.05) is 24.0 Å². The fourth-order valence-electron chi connectivity index (χ4n) is 3.81. The number of benzene rings is 3. The lowest BCUT2D eigenvalue weighted by atomic mass is 9.96. The average molecular weight is 474 g/mol. The largest absolute Gasteiger partial charge is 0.485 e. The Balaban J connectivity index is 1.44. The van der Waals surface area contributed by atoms with Crippen molar-refractivity contribution in [3.8, 4) is 16.3 Å². The number of Topliss-reactive ketones (excluding diaryl/α,β-unsaturated/α-hetero) is 1. The van der Waals surface area contributed by atoms with Crippen LogP contribution in [0.4, 0.5) is 0 Å². The number of ether oxygens (including phenoxy) is 1. The summed E-state index contributed by atoms with van der Waals surface area (Å²) < 4.78 is 7.50. The van der Waals surface area contributed by atoms with Gasteiger partial charge >= 0.3 is 5.97 Å². The van der Waals surface area contributed by atoms with E-state index in [4.69, 9.17) is 14.8 Å². The van der Waals surface area contributed by atoms with Gasteiger partial charge in [-0.15, -0.1) is 11.3 Å². The molecule has 0 aliphatic heterocycles. The van der Waals surface area contributed by atoms with Gasteiger partial charge in [0.25, 0.3) is 0 Å². The Kier molecular flexibility index (Phi) is 7.38. The fourth-order valence-corrected chi connectivity index (χ4v) is 4.78. The zero-order valence-corrected chi connectivity index (χ0v) is 20.0. The zero-order valence-electron chi connectivity index (χ0n) is 19.2. The lowest BCUT2D eigenvalue weighted by Gasteiger charge is -2.23. The standard InChI is InChI=1S/C28H27NO4S/c1-18(2)27(20-12-10-19(11-13-20)24(30)7-5-9-26(31)32)33-22-16-14-21(15-17-22)28-29-23-6-3-4-8-25(23)34-28/h3-4,6,8,10-18,27H,5,7,9H2,1-2H3,(H,31,32). The summed E-state index contributed by atoms with van der Waals surface area (Å²) in [5, 5.41) is 9.73. The first kappa shape index (κ1) is 23.6. The van der Waals surface area contributed by atoms with Crippen LogP contribution in [0.1, 0.15) is 55.1 Å². The maximum Gasteiger partial charge on any atom is 0.303 e. The molecule has 174 valence electrons. The minimum Gasteiger partial charge on any atom is -0.485 e. The smallest absolute Gasteiger partial charge is 0.303 e. The molecular weight excluding hydrogens is 446 g/mol. The van der Waals surface area contributed by atoms with Gasteiger partial charge in [0.1, 0.15) is 16.9 Å². The van der Waals surface area contributed by atoms with Crippen LogP contribution >= 0.6 is 11.3 Å². The van der Waals surface area contributed by atoms with Crippen molar-refractivity contribution >= 4 is 33.3 Å². The Labute approximate surface area is 203 Å². The van der Waals surface area contributed by atoms with E-state index in [2.05, 4.69) is 19.9 Å². The number of carboxylic acid groups (broad SMARTS) is 1. The molecule has 1 heterocycles. The van der Waals surface area contributed by atoms with E-state index in [-0.39, 0.29) is 30.6 Å². The summed E-state index contributed by atoms with van der Waals surface area (Å²) in [5.41, 5.74) is 3.65. The molecule has 3 aromatic carbocycles. The third kappa shape index (κ3) is 5.69. The average Bonchev–Trinajstić information content (AvgIpc) is 3.27. The van der Waals surface area contributed by atoms with Crippen LogP contribution in [0.2, 0.25) is 0 Å². The number of fused-ring (bicyclic) bond motifs is 1. The molecule has 4 rings (SSSR count).